The van der Waals surface area contributed by atoms with Gasteiger partial charge < -0.3 is 4.74 Å². The maximum absolute atomic E-state index is 11.3. The summed E-state index contributed by atoms with van der Waals surface area (Å²) < 4.78 is 5.11. The van der Waals surface area contributed by atoms with E-state index in [2.05, 4.69) is 6.92 Å². The molecule has 0 aromatic heterocycles. The molecule has 2 nitrogen and oxygen atoms in total. The van der Waals surface area contributed by atoms with Crippen LogP contribution in [0.5, 0.6) is 0 Å². The average molecular weight is 294 g/mol. The molecule has 0 aliphatic carbocycles. The highest BCUT2D eigenvalue weighted by molar-refractivity contribution is 5.82. The van der Waals surface area contributed by atoms with Crippen LogP contribution in [0.15, 0.2) is 24.3 Å². The maximum atomic E-state index is 11.3. The van der Waals surface area contributed by atoms with E-state index in [1.165, 1.54) is 70.3 Å². The molecule has 0 aromatic carbocycles. The van der Waals surface area contributed by atoms with Crippen LogP contribution in [0.25, 0.3) is 0 Å². The summed E-state index contributed by atoms with van der Waals surface area (Å²) in [5, 5.41) is 0. The quantitative estimate of drug-likeness (QED) is 0.171. The largest absolute Gasteiger partial charge is 0.463 e. The van der Waals surface area contributed by atoms with E-state index in [1.807, 2.05) is 19.1 Å². The van der Waals surface area contributed by atoms with Gasteiger partial charge in [0.2, 0.25) is 0 Å². The Morgan fingerprint density at radius 1 is 0.810 bits per heavy atom. The van der Waals surface area contributed by atoms with Gasteiger partial charge in [-0.3, -0.25) is 0 Å². The molecule has 0 fully saturated rings. The van der Waals surface area contributed by atoms with Crippen molar-refractivity contribution in [2.24, 2.45) is 0 Å². The molecule has 0 unspecified atom stereocenters. The lowest BCUT2D eigenvalue weighted by molar-refractivity contribution is -0.137. The fourth-order valence-electron chi connectivity index (χ4n) is 2.23. The summed E-state index contributed by atoms with van der Waals surface area (Å²) in [7, 11) is 0. The minimum absolute atomic E-state index is 0.236. The van der Waals surface area contributed by atoms with Crippen LogP contribution in [0.1, 0.15) is 84.5 Å². The van der Waals surface area contributed by atoms with Crippen molar-refractivity contribution in [1.82, 2.24) is 0 Å². The molecular formula is C19H34O2. The second-order valence-electron chi connectivity index (χ2n) is 5.59. The molecule has 0 aliphatic heterocycles. The Kier molecular flexibility index (Phi) is 16.2. The maximum Gasteiger partial charge on any atom is 0.330 e. The zero-order chi connectivity index (χ0) is 15.6. The smallest absolute Gasteiger partial charge is 0.330 e. The van der Waals surface area contributed by atoms with E-state index >= 15 is 0 Å². The van der Waals surface area contributed by atoms with E-state index in [1.54, 1.807) is 6.08 Å². The molecule has 0 aromatic rings. The Hall–Kier alpha value is -1.05. The van der Waals surface area contributed by atoms with Gasteiger partial charge in [0, 0.05) is 6.08 Å². The molecule has 122 valence electrons. The number of ether oxygens (including phenoxy) is 1. The summed E-state index contributed by atoms with van der Waals surface area (Å²) >= 11 is 0. The van der Waals surface area contributed by atoms with Crippen LogP contribution in [0, 0.1) is 0 Å². The van der Waals surface area contributed by atoms with Crippen molar-refractivity contribution in [3.8, 4) is 0 Å². The van der Waals surface area contributed by atoms with E-state index in [0.717, 1.165) is 6.42 Å². The van der Waals surface area contributed by atoms with Crippen LogP contribution in [-0.2, 0) is 9.53 Å². The number of carbonyl (C=O) groups excluding carboxylic acids is 1. The van der Waals surface area contributed by atoms with Gasteiger partial charge in [-0.1, -0.05) is 89.4 Å². The number of carbonyl (C=O) groups is 1. The predicted molar refractivity (Wildman–Crippen MR) is 91.4 cm³/mol. The van der Waals surface area contributed by atoms with Crippen LogP contribution >= 0.6 is 0 Å². The average Bonchev–Trinajstić information content (AvgIpc) is 2.48. The SMILES string of the molecule is C/C=C/C=C/C(=O)OCCCCCCCCCCCCC. The molecule has 0 N–H and O–H groups in total. The van der Waals surface area contributed by atoms with Crippen molar-refractivity contribution < 1.29 is 9.53 Å². The normalized spacial score (nSPS) is 11.5. The number of rotatable bonds is 14. The molecule has 0 rings (SSSR count). The van der Waals surface area contributed by atoms with Gasteiger partial charge in [-0.05, 0) is 13.3 Å². The highest BCUT2D eigenvalue weighted by Crippen LogP contribution is 2.11. The van der Waals surface area contributed by atoms with E-state index in [9.17, 15) is 4.79 Å². The van der Waals surface area contributed by atoms with E-state index in [-0.39, 0.29) is 5.97 Å². The lowest BCUT2D eigenvalue weighted by Crippen LogP contribution is -2.02. The lowest BCUT2D eigenvalue weighted by atomic mass is 10.1. The summed E-state index contributed by atoms with van der Waals surface area (Å²) in [5.74, 6) is -0.236. The zero-order valence-corrected chi connectivity index (χ0v) is 14.1. The Balaban J connectivity index is 3.17. The van der Waals surface area contributed by atoms with Crippen LogP contribution in [0.4, 0.5) is 0 Å². The van der Waals surface area contributed by atoms with Crippen LogP contribution in [0.2, 0.25) is 0 Å². The molecule has 2 heteroatoms. The molecule has 0 atom stereocenters. The lowest BCUT2D eigenvalue weighted by Gasteiger charge is -2.03. The topological polar surface area (TPSA) is 26.3 Å². The molecule has 0 saturated carbocycles. The minimum Gasteiger partial charge on any atom is -0.463 e. The second-order valence-corrected chi connectivity index (χ2v) is 5.59. The third-order valence-corrected chi connectivity index (χ3v) is 3.53. The predicted octanol–water partition coefficient (Wildman–Crippen LogP) is 5.97. The first-order valence-electron chi connectivity index (χ1n) is 8.77. The highest BCUT2D eigenvalue weighted by atomic mass is 16.5. The first-order chi connectivity index (χ1) is 10.3. The third-order valence-electron chi connectivity index (χ3n) is 3.53. The van der Waals surface area contributed by atoms with E-state index < -0.39 is 0 Å². The van der Waals surface area contributed by atoms with Crippen molar-refractivity contribution in [3.05, 3.63) is 24.3 Å². The van der Waals surface area contributed by atoms with Gasteiger partial charge in [0.15, 0.2) is 0 Å². The van der Waals surface area contributed by atoms with Gasteiger partial charge in [-0.25, -0.2) is 4.79 Å². The molecule has 0 amide bonds. The van der Waals surface area contributed by atoms with Gasteiger partial charge in [0.25, 0.3) is 0 Å². The highest BCUT2D eigenvalue weighted by Gasteiger charge is 1.96. The molecule has 0 aliphatic rings. The summed E-state index contributed by atoms with van der Waals surface area (Å²) in [6.07, 6.45) is 21.3. The van der Waals surface area contributed by atoms with E-state index in [4.69, 9.17) is 4.74 Å². The zero-order valence-electron chi connectivity index (χ0n) is 14.1. The monoisotopic (exact) mass is 294 g/mol. The molecule has 0 bridgehead atoms. The standard InChI is InChI=1S/C19H34O2/c1-3-5-7-8-9-10-11-12-13-14-16-18-21-19(20)17-15-6-4-2/h4,6,15,17H,3,5,7-14,16,18H2,1-2H3/b6-4+,17-15+. The molecule has 0 saturated heterocycles. The molecule has 21 heavy (non-hydrogen) atoms. The van der Waals surface area contributed by atoms with Crippen molar-refractivity contribution in [2.45, 2.75) is 84.5 Å². The number of hydrogen-bond donors (Lipinski definition) is 0. The van der Waals surface area contributed by atoms with Crippen LogP contribution in [0.3, 0.4) is 0 Å². The number of esters is 1. The first-order valence-corrected chi connectivity index (χ1v) is 8.77. The van der Waals surface area contributed by atoms with Crippen molar-refractivity contribution >= 4 is 5.97 Å². The Labute approximate surface area is 131 Å². The molecular weight excluding hydrogens is 260 g/mol. The first kappa shape index (κ1) is 19.9. The summed E-state index contributed by atoms with van der Waals surface area (Å²) in [6.45, 7) is 4.73. The summed E-state index contributed by atoms with van der Waals surface area (Å²) in [4.78, 5) is 11.3. The van der Waals surface area contributed by atoms with Gasteiger partial charge >= 0.3 is 5.97 Å². The van der Waals surface area contributed by atoms with Gasteiger partial charge in [-0.15, -0.1) is 0 Å². The van der Waals surface area contributed by atoms with Crippen molar-refractivity contribution in [2.75, 3.05) is 6.61 Å². The number of hydrogen-bond acceptors (Lipinski definition) is 2. The van der Waals surface area contributed by atoms with Crippen LogP contribution < -0.4 is 0 Å². The van der Waals surface area contributed by atoms with E-state index in [0.29, 0.717) is 6.61 Å². The molecule has 0 radical (unpaired) electrons. The molecule has 0 spiro atoms. The summed E-state index contributed by atoms with van der Waals surface area (Å²) in [5.41, 5.74) is 0. The van der Waals surface area contributed by atoms with Gasteiger partial charge in [0.1, 0.15) is 0 Å². The number of allylic oxidation sites excluding steroid dienone is 3. The Morgan fingerprint density at radius 2 is 1.33 bits per heavy atom. The third kappa shape index (κ3) is 16.9. The Bertz CT molecular complexity index is 279. The Morgan fingerprint density at radius 3 is 1.86 bits per heavy atom. The summed E-state index contributed by atoms with van der Waals surface area (Å²) in [6, 6.07) is 0. The second kappa shape index (κ2) is 17.0. The van der Waals surface area contributed by atoms with Crippen molar-refractivity contribution in [1.29, 1.82) is 0 Å². The van der Waals surface area contributed by atoms with Gasteiger partial charge in [0.05, 0.1) is 6.61 Å². The molecule has 0 heterocycles. The van der Waals surface area contributed by atoms with Crippen molar-refractivity contribution in [3.63, 3.8) is 0 Å². The minimum atomic E-state index is -0.236. The fourth-order valence-corrected chi connectivity index (χ4v) is 2.23. The van der Waals surface area contributed by atoms with Crippen LogP contribution in [-0.4, -0.2) is 12.6 Å². The fraction of sp³-hybridized carbons (Fsp3) is 0.737. The van der Waals surface area contributed by atoms with Gasteiger partial charge in [-0.2, -0.15) is 0 Å². The number of unbranched alkanes of at least 4 members (excludes halogenated alkanes) is 10.